The second-order valence-electron chi connectivity index (χ2n) is 3.34. The minimum atomic E-state index is -0.553. The Morgan fingerprint density at radius 1 is 1.72 bits per heavy atom. The third-order valence-corrected chi connectivity index (χ3v) is 2.23. The maximum atomic E-state index is 11.7. The molecule has 0 unspecified atom stereocenters. The molecule has 9 heteroatoms. The summed E-state index contributed by atoms with van der Waals surface area (Å²) in [6.45, 7) is 2.55. The molecular formula is C9H12N6O3. The van der Waals surface area contributed by atoms with Gasteiger partial charge in [-0.15, -0.1) is 0 Å². The molecule has 0 aliphatic carbocycles. The molecule has 9 nitrogen and oxygen atoms in total. The molecule has 0 atom stereocenters. The van der Waals surface area contributed by atoms with Gasteiger partial charge in [-0.3, -0.25) is 14.9 Å². The molecule has 1 aromatic rings. The molecule has 0 aromatic carbocycles. The Hall–Kier alpha value is -2.54. The summed E-state index contributed by atoms with van der Waals surface area (Å²) < 4.78 is 1.49. The Kier molecular flexibility index (Phi) is 4.70. The van der Waals surface area contributed by atoms with Crippen molar-refractivity contribution in [3.05, 3.63) is 38.5 Å². The smallest absolute Gasteiger partial charge is 0.287 e. The number of carbonyl (C=O) groups excluding carboxylic acids is 1. The first-order chi connectivity index (χ1) is 8.60. The number of aromatic nitrogens is 1. The van der Waals surface area contributed by atoms with E-state index in [1.54, 1.807) is 6.92 Å². The van der Waals surface area contributed by atoms with Crippen molar-refractivity contribution in [2.45, 2.75) is 13.5 Å². The summed E-state index contributed by atoms with van der Waals surface area (Å²) in [5.74, 6) is -0.432. The van der Waals surface area contributed by atoms with Gasteiger partial charge in [-0.25, -0.2) is 0 Å². The highest BCUT2D eigenvalue weighted by Gasteiger charge is 2.17. The van der Waals surface area contributed by atoms with Crippen molar-refractivity contribution < 1.29 is 9.72 Å². The van der Waals surface area contributed by atoms with Crippen LogP contribution in [-0.4, -0.2) is 28.5 Å². The van der Waals surface area contributed by atoms with Crippen molar-refractivity contribution >= 4 is 11.6 Å². The second kappa shape index (κ2) is 6.26. The monoisotopic (exact) mass is 252 g/mol. The number of azide groups is 1. The minimum absolute atomic E-state index is 0.128. The maximum Gasteiger partial charge on any atom is 0.287 e. The maximum absolute atomic E-state index is 11.7. The van der Waals surface area contributed by atoms with Gasteiger partial charge in [-0.2, -0.15) is 0 Å². The third-order valence-electron chi connectivity index (χ3n) is 2.23. The molecule has 1 amide bonds. The summed E-state index contributed by atoms with van der Waals surface area (Å²) in [6, 6.07) is 1.21. The van der Waals surface area contributed by atoms with Gasteiger partial charge in [0.05, 0.1) is 11.1 Å². The fraction of sp³-hybridized carbons (Fsp3) is 0.444. The van der Waals surface area contributed by atoms with E-state index >= 15 is 0 Å². The highest BCUT2D eigenvalue weighted by molar-refractivity contribution is 5.93. The minimum Gasteiger partial charge on any atom is -0.351 e. The molecule has 0 radical (unpaired) electrons. The SMILES string of the molecule is CCn1cc([N+](=O)[O-])cc1C(=O)NCCN=[N+]=[N-]. The molecule has 0 spiro atoms. The molecule has 1 heterocycles. The number of nitro groups is 1. The van der Waals surface area contributed by atoms with Gasteiger partial charge in [0.2, 0.25) is 0 Å². The van der Waals surface area contributed by atoms with Crippen LogP contribution in [0, 0.1) is 10.1 Å². The van der Waals surface area contributed by atoms with Gasteiger partial charge < -0.3 is 9.88 Å². The summed E-state index contributed by atoms with van der Waals surface area (Å²) in [5.41, 5.74) is 8.15. The van der Waals surface area contributed by atoms with Crippen molar-refractivity contribution in [1.29, 1.82) is 0 Å². The average Bonchev–Trinajstić information content (AvgIpc) is 2.78. The van der Waals surface area contributed by atoms with Crippen LogP contribution in [0.15, 0.2) is 17.4 Å². The molecule has 1 aromatic heterocycles. The van der Waals surface area contributed by atoms with Crippen LogP contribution in [-0.2, 0) is 6.54 Å². The van der Waals surface area contributed by atoms with E-state index in [-0.39, 0.29) is 24.5 Å². The zero-order chi connectivity index (χ0) is 13.5. The number of carbonyl (C=O) groups is 1. The van der Waals surface area contributed by atoms with Gasteiger partial charge in [-0.1, -0.05) is 5.11 Å². The summed E-state index contributed by atoms with van der Waals surface area (Å²) in [6.07, 6.45) is 1.31. The zero-order valence-corrected chi connectivity index (χ0v) is 9.74. The van der Waals surface area contributed by atoms with Gasteiger partial charge in [0.25, 0.3) is 11.6 Å². The van der Waals surface area contributed by atoms with E-state index in [9.17, 15) is 14.9 Å². The van der Waals surface area contributed by atoms with E-state index < -0.39 is 10.8 Å². The Morgan fingerprint density at radius 2 is 2.44 bits per heavy atom. The Morgan fingerprint density at radius 3 is 3.00 bits per heavy atom. The number of hydrogen-bond donors (Lipinski definition) is 1. The third kappa shape index (κ3) is 3.22. The van der Waals surface area contributed by atoms with Crippen LogP contribution >= 0.6 is 0 Å². The van der Waals surface area contributed by atoms with Crippen LogP contribution in [0.5, 0.6) is 0 Å². The standard InChI is InChI=1S/C9H12N6O3/c1-2-14-6-7(15(17)18)5-8(14)9(16)11-3-4-12-13-10/h5-6H,2-4H2,1H3,(H,11,16). The number of aryl methyl sites for hydroxylation is 1. The second-order valence-corrected chi connectivity index (χ2v) is 3.34. The van der Waals surface area contributed by atoms with Crippen molar-refractivity contribution in [2.24, 2.45) is 5.11 Å². The van der Waals surface area contributed by atoms with E-state index in [0.717, 1.165) is 0 Å². The number of rotatable bonds is 6. The van der Waals surface area contributed by atoms with Crippen LogP contribution in [0.4, 0.5) is 5.69 Å². The quantitative estimate of drug-likeness (QED) is 0.205. The lowest BCUT2D eigenvalue weighted by Gasteiger charge is -2.05. The summed E-state index contributed by atoms with van der Waals surface area (Å²) in [7, 11) is 0. The van der Waals surface area contributed by atoms with E-state index in [1.165, 1.54) is 16.8 Å². The molecule has 18 heavy (non-hydrogen) atoms. The molecule has 1 N–H and O–H groups in total. The highest BCUT2D eigenvalue weighted by Crippen LogP contribution is 2.16. The highest BCUT2D eigenvalue weighted by atomic mass is 16.6. The van der Waals surface area contributed by atoms with Crippen LogP contribution in [0.25, 0.3) is 10.4 Å². The fourth-order valence-electron chi connectivity index (χ4n) is 1.40. The van der Waals surface area contributed by atoms with Crippen molar-refractivity contribution in [3.8, 4) is 0 Å². The topological polar surface area (TPSA) is 126 Å². The molecule has 0 fully saturated rings. The number of amides is 1. The van der Waals surface area contributed by atoms with E-state index in [0.29, 0.717) is 6.54 Å². The van der Waals surface area contributed by atoms with Crippen LogP contribution < -0.4 is 5.32 Å². The number of nitrogens with one attached hydrogen (secondary N) is 1. The van der Waals surface area contributed by atoms with Crippen molar-refractivity contribution in [1.82, 2.24) is 9.88 Å². The van der Waals surface area contributed by atoms with Crippen LogP contribution in [0.3, 0.4) is 0 Å². The lowest BCUT2D eigenvalue weighted by atomic mass is 10.3. The first kappa shape index (κ1) is 13.5. The Balaban J connectivity index is 2.77. The lowest BCUT2D eigenvalue weighted by molar-refractivity contribution is -0.384. The molecule has 96 valence electrons. The van der Waals surface area contributed by atoms with Gasteiger partial charge in [0, 0.05) is 30.6 Å². The first-order valence-electron chi connectivity index (χ1n) is 5.23. The van der Waals surface area contributed by atoms with Gasteiger partial charge in [0.15, 0.2) is 0 Å². The van der Waals surface area contributed by atoms with E-state index in [4.69, 9.17) is 5.53 Å². The molecule has 0 saturated carbocycles. The van der Waals surface area contributed by atoms with Crippen molar-refractivity contribution in [2.75, 3.05) is 13.1 Å². The zero-order valence-electron chi connectivity index (χ0n) is 9.74. The summed E-state index contributed by atoms with van der Waals surface area (Å²) in [5, 5.41) is 16.4. The molecule has 0 saturated heterocycles. The van der Waals surface area contributed by atoms with Crippen LogP contribution in [0.2, 0.25) is 0 Å². The molecule has 0 aliphatic rings. The summed E-state index contributed by atoms with van der Waals surface area (Å²) in [4.78, 5) is 24.3. The van der Waals surface area contributed by atoms with E-state index in [1.807, 2.05) is 0 Å². The predicted octanol–water partition coefficient (Wildman–Crippen LogP) is 1.46. The van der Waals surface area contributed by atoms with Crippen molar-refractivity contribution in [3.63, 3.8) is 0 Å². The molecule has 0 aliphatic heterocycles. The van der Waals surface area contributed by atoms with Gasteiger partial charge >= 0.3 is 0 Å². The van der Waals surface area contributed by atoms with Gasteiger partial charge in [-0.05, 0) is 12.5 Å². The number of nitrogens with zero attached hydrogens (tertiary/aromatic N) is 5. The number of hydrogen-bond acceptors (Lipinski definition) is 4. The van der Waals surface area contributed by atoms with Crippen LogP contribution in [0.1, 0.15) is 17.4 Å². The molecule has 1 rings (SSSR count). The predicted molar refractivity (Wildman–Crippen MR) is 63.1 cm³/mol. The van der Waals surface area contributed by atoms with Gasteiger partial charge in [0.1, 0.15) is 5.69 Å². The molecule has 0 bridgehead atoms. The molecular weight excluding hydrogens is 240 g/mol. The largest absolute Gasteiger partial charge is 0.351 e. The fourth-order valence-corrected chi connectivity index (χ4v) is 1.40. The lowest BCUT2D eigenvalue weighted by Crippen LogP contribution is -2.27. The average molecular weight is 252 g/mol. The summed E-state index contributed by atoms with van der Waals surface area (Å²) >= 11 is 0. The normalized spacial score (nSPS) is 9.61. The van der Waals surface area contributed by atoms with E-state index in [2.05, 4.69) is 15.3 Å². The Bertz CT molecular complexity index is 502. The first-order valence-corrected chi connectivity index (χ1v) is 5.23. The Labute approximate surface area is 102 Å².